The fourth-order valence-electron chi connectivity index (χ4n) is 5.92. The van der Waals surface area contributed by atoms with Gasteiger partial charge in [-0.05, 0) is 86.6 Å². The van der Waals surface area contributed by atoms with Gasteiger partial charge in [0.2, 0.25) is 0 Å². The number of esters is 1. The average Bonchev–Trinajstić information content (AvgIpc) is 3.32. The molecule has 6 heteroatoms. The van der Waals surface area contributed by atoms with Crippen molar-refractivity contribution in [1.82, 2.24) is 0 Å². The Morgan fingerprint density at radius 1 is 0.619 bits per heavy atom. The normalized spacial score (nSPS) is 16.1. The molecule has 5 aromatic rings. The summed E-state index contributed by atoms with van der Waals surface area (Å²) in [6.45, 7) is 5.14. The Balaban J connectivity index is 1.39. The highest BCUT2D eigenvalue weighted by Gasteiger charge is 2.53. The monoisotopic (exact) mass is 555 g/mol. The van der Waals surface area contributed by atoms with Gasteiger partial charge in [0.25, 0.3) is 0 Å². The van der Waals surface area contributed by atoms with Crippen molar-refractivity contribution < 1.29 is 23.7 Å². The summed E-state index contributed by atoms with van der Waals surface area (Å²) in [7, 11) is 0. The molecule has 0 saturated carbocycles. The van der Waals surface area contributed by atoms with Gasteiger partial charge >= 0.3 is 5.97 Å². The van der Waals surface area contributed by atoms with Crippen LogP contribution >= 0.6 is 0 Å². The number of rotatable bonds is 7. The first-order valence-electron chi connectivity index (χ1n) is 14.1. The second-order valence-electron chi connectivity index (χ2n) is 10.1. The lowest BCUT2D eigenvalue weighted by atomic mass is 9.77. The van der Waals surface area contributed by atoms with Crippen molar-refractivity contribution in [2.75, 3.05) is 18.1 Å². The van der Waals surface area contributed by atoms with Gasteiger partial charge in [-0.3, -0.25) is 0 Å². The van der Waals surface area contributed by atoms with Crippen LogP contribution in [0.25, 0.3) is 0 Å². The van der Waals surface area contributed by atoms with Crippen LogP contribution in [0.3, 0.4) is 0 Å². The summed E-state index contributed by atoms with van der Waals surface area (Å²) < 4.78 is 24.2. The molecule has 0 bridgehead atoms. The van der Waals surface area contributed by atoms with Gasteiger partial charge in [-0.1, -0.05) is 36.4 Å². The molecule has 208 valence electrons. The molecule has 2 aliphatic heterocycles. The Bertz CT molecular complexity index is 1730. The molecule has 0 radical (unpaired) electrons. The maximum atomic E-state index is 13.2. The van der Waals surface area contributed by atoms with Crippen LogP contribution in [0.4, 0.5) is 17.1 Å². The zero-order chi connectivity index (χ0) is 28.7. The third kappa shape index (κ3) is 4.06. The van der Waals surface area contributed by atoms with E-state index in [0.29, 0.717) is 30.3 Å². The van der Waals surface area contributed by atoms with Crippen molar-refractivity contribution in [2.45, 2.75) is 19.4 Å². The minimum absolute atomic E-state index is 0.345. The third-order valence-corrected chi connectivity index (χ3v) is 7.67. The highest BCUT2D eigenvalue weighted by molar-refractivity contribution is 5.97. The minimum Gasteiger partial charge on any atom is -0.494 e. The van der Waals surface area contributed by atoms with E-state index in [-0.39, 0.29) is 5.97 Å². The number of hydrogen-bond acceptors (Lipinski definition) is 6. The lowest BCUT2D eigenvalue weighted by molar-refractivity contribution is 0.0224. The van der Waals surface area contributed by atoms with Crippen LogP contribution in [0.5, 0.6) is 23.0 Å². The van der Waals surface area contributed by atoms with E-state index in [0.717, 1.165) is 45.3 Å². The van der Waals surface area contributed by atoms with Crippen molar-refractivity contribution in [3.8, 4) is 23.0 Å². The highest BCUT2D eigenvalue weighted by Crippen LogP contribution is 2.56. The Hall–Kier alpha value is -5.23. The van der Waals surface area contributed by atoms with E-state index >= 15 is 0 Å². The van der Waals surface area contributed by atoms with E-state index < -0.39 is 5.60 Å². The number of fused-ring (bicyclic) bond motifs is 6. The first kappa shape index (κ1) is 25.7. The molecule has 6 nitrogen and oxygen atoms in total. The lowest BCUT2D eigenvalue weighted by Gasteiger charge is -2.37. The number of benzene rings is 5. The molecule has 42 heavy (non-hydrogen) atoms. The van der Waals surface area contributed by atoms with Gasteiger partial charge in [0.1, 0.15) is 23.0 Å². The fourth-order valence-corrected chi connectivity index (χ4v) is 5.92. The second kappa shape index (κ2) is 10.3. The first-order chi connectivity index (χ1) is 20.6. The van der Waals surface area contributed by atoms with Gasteiger partial charge in [0.05, 0.1) is 18.8 Å². The molecule has 2 heterocycles. The number of carbonyl (C=O) groups excluding carboxylic acids is 1. The quantitative estimate of drug-likeness (QED) is 0.188. The average molecular weight is 556 g/mol. The van der Waals surface area contributed by atoms with Crippen LogP contribution in [0.1, 0.15) is 40.9 Å². The SMILES string of the molecule is CCOc1ccc(N(c2ccc(OCC)cc2)c2ccc3c(c2)Oc2ccccc2C32OC(=O)c3ccccc32)cc1. The summed E-state index contributed by atoms with van der Waals surface area (Å²) in [6, 6.07) is 37.4. The van der Waals surface area contributed by atoms with Gasteiger partial charge in [0.15, 0.2) is 5.60 Å². The van der Waals surface area contributed by atoms with E-state index in [4.69, 9.17) is 18.9 Å². The Kier molecular flexibility index (Phi) is 6.31. The van der Waals surface area contributed by atoms with Crippen LogP contribution in [0.2, 0.25) is 0 Å². The number of hydrogen-bond donors (Lipinski definition) is 0. The lowest BCUT2D eigenvalue weighted by Crippen LogP contribution is -2.33. The van der Waals surface area contributed by atoms with E-state index in [9.17, 15) is 4.79 Å². The zero-order valence-electron chi connectivity index (χ0n) is 23.4. The van der Waals surface area contributed by atoms with E-state index in [1.54, 1.807) is 0 Å². The molecule has 0 N–H and O–H groups in total. The number of ether oxygens (including phenoxy) is 4. The van der Waals surface area contributed by atoms with Crippen LogP contribution < -0.4 is 19.1 Å². The molecule has 0 fully saturated rings. The zero-order valence-corrected chi connectivity index (χ0v) is 23.4. The molecule has 0 amide bonds. The first-order valence-corrected chi connectivity index (χ1v) is 14.1. The standard InChI is InChI=1S/C36H29NO5/c1-3-39-27-18-13-24(14-19-27)37(25-15-20-28(21-16-25)40-4-2)26-17-22-32-34(23-26)41-33-12-8-7-11-31(33)36(32)30-10-6-5-9-29(30)35(38)42-36/h5-23H,3-4H2,1-2H3. The summed E-state index contributed by atoms with van der Waals surface area (Å²) in [5.74, 6) is 2.55. The molecule has 0 aliphatic carbocycles. The highest BCUT2D eigenvalue weighted by atomic mass is 16.6. The van der Waals surface area contributed by atoms with Crippen LogP contribution in [-0.2, 0) is 10.3 Å². The third-order valence-electron chi connectivity index (χ3n) is 7.67. The topological polar surface area (TPSA) is 57.2 Å². The molecular weight excluding hydrogens is 526 g/mol. The molecule has 1 atom stereocenters. The maximum absolute atomic E-state index is 13.2. The summed E-state index contributed by atoms with van der Waals surface area (Å²) >= 11 is 0. The molecule has 0 aromatic heterocycles. The van der Waals surface area contributed by atoms with Gasteiger partial charge in [0, 0.05) is 39.8 Å². The number of anilines is 3. The predicted octanol–water partition coefficient (Wildman–Crippen LogP) is 8.52. The number of para-hydroxylation sites is 1. The molecule has 0 saturated heterocycles. The second-order valence-corrected chi connectivity index (χ2v) is 10.1. The fraction of sp³-hybridized carbons (Fsp3) is 0.139. The molecule has 1 spiro atoms. The molecule has 1 unspecified atom stereocenters. The summed E-state index contributed by atoms with van der Waals surface area (Å²) in [5, 5.41) is 0. The van der Waals surface area contributed by atoms with Crippen molar-refractivity contribution in [3.63, 3.8) is 0 Å². The van der Waals surface area contributed by atoms with Gasteiger partial charge in [-0.25, -0.2) is 4.79 Å². The van der Waals surface area contributed by atoms with E-state index in [2.05, 4.69) is 4.90 Å². The van der Waals surface area contributed by atoms with Crippen LogP contribution in [0.15, 0.2) is 115 Å². The Morgan fingerprint density at radius 2 is 1.17 bits per heavy atom. The number of carbonyl (C=O) groups is 1. The minimum atomic E-state index is -1.10. The molecule has 7 rings (SSSR count). The van der Waals surface area contributed by atoms with Gasteiger partial charge in [-0.2, -0.15) is 0 Å². The van der Waals surface area contributed by atoms with Gasteiger partial charge in [-0.15, -0.1) is 0 Å². The van der Waals surface area contributed by atoms with Crippen LogP contribution in [-0.4, -0.2) is 19.2 Å². The summed E-state index contributed by atoms with van der Waals surface area (Å²) in [6.07, 6.45) is 0. The van der Waals surface area contributed by atoms with Crippen LogP contribution in [0, 0.1) is 0 Å². The van der Waals surface area contributed by atoms with Crippen molar-refractivity contribution in [3.05, 3.63) is 138 Å². The summed E-state index contributed by atoms with van der Waals surface area (Å²) in [5.41, 5.74) is 4.65. The largest absolute Gasteiger partial charge is 0.494 e. The maximum Gasteiger partial charge on any atom is 0.340 e. The van der Waals surface area contributed by atoms with E-state index in [1.807, 2.05) is 129 Å². The van der Waals surface area contributed by atoms with Gasteiger partial charge < -0.3 is 23.8 Å². The van der Waals surface area contributed by atoms with Crippen molar-refractivity contribution in [1.29, 1.82) is 0 Å². The Morgan fingerprint density at radius 3 is 1.81 bits per heavy atom. The number of nitrogens with zero attached hydrogens (tertiary/aromatic N) is 1. The predicted molar refractivity (Wildman–Crippen MR) is 162 cm³/mol. The van der Waals surface area contributed by atoms with Crippen molar-refractivity contribution >= 4 is 23.0 Å². The molecule has 5 aromatic carbocycles. The summed E-state index contributed by atoms with van der Waals surface area (Å²) in [4.78, 5) is 15.3. The van der Waals surface area contributed by atoms with Crippen molar-refractivity contribution in [2.24, 2.45) is 0 Å². The molecular formula is C36H29NO5. The smallest absolute Gasteiger partial charge is 0.340 e. The molecule has 2 aliphatic rings. The Labute approximate surface area is 244 Å². The van der Waals surface area contributed by atoms with E-state index in [1.165, 1.54) is 0 Å².